The van der Waals surface area contributed by atoms with E-state index in [0.29, 0.717) is 6.54 Å². The number of rotatable bonds is 1. The lowest BCUT2D eigenvalue weighted by atomic mass is 9.93. The molecular formula is C8H16N2O2. The van der Waals surface area contributed by atoms with Crippen LogP contribution in [0.5, 0.6) is 0 Å². The van der Waals surface area contributed by atoms with Gasteiger partial charge < -0.3 is 15.4 Å². The molecule has 4 heteroatoms. The summed E-state index contributed by atoms with van der Waals surface area (Å²) in [5.41, 5.74) is 5.79. The van der Waals surface area contributed by atoms with Gasteiger partial charge in [-0.05, 0) is 20.0 Å². The van der Waals surface area contributed by atoms with E-state index in [-0.39, 0.29) is 17.9 Å². The normalized spacial score (nSPS) is 31.6. The maximum atomic E-state index is 11.2. The van der Waals surface area contributed by atoms with E-state index in [4.69, 9.17) is 5.73 Å². The largest absolute Gasteiger partial charge is 0.469 e. The zero-order chi connectivity index (χ0) is 9.14. The van der Waals surface area contributed by atoms with E-state index in [1.807, 2.05) is 7.05 Å². The zero-order valence-corrected chi connectivity index (χ0v) is 7.62. The molecule has 0 aromatic heterocycles. The monoisotopic (exact) mass is 172 g/mol. The van der Waals surface area contributed by atoms with Crippen molar-refractivity contribution in [2.45, 2.75) is 12.5 Å². The second kappa shape index (κ2) is 3.87. The van der Waals surface area contributed by atoms with Crippen molar-refractivity contribution in [3.63, 3.8) is 0 Å². The van der Waals surface area contributed by atoms with Gasteiger partial charge in [0.25, 0.3) is 0 Å². The molecule has 1 aliphatic heterocycles. The molecule has 2 N–H and O–H groups in total. The number of piperidine rings is 1. The average molecular weight is 172 g/mol. The average Bonchev–Trinajstić information content (AvgIpc) is 2.08. The van der Waals surface area contributed by atoms with Crippen molar-refractivity contribution in [3.8, 4) is 0 Å². The maximum Gasteiger partial charge on any atom is 0.311 e. The summed E-state index contributed by atoms with van der Waals surface area (Å²) in [7, 11) is 3.39. The predicted molar refractivity (Wildman–Crippen MR) is 45.6 cm³/mol. The molecule has 0 bridgehead atoms. The van der Waals surface area contributed by atoms with Gasteiger partial charge in [-0.15, -0.1) is 0 Å². The molecule has 1 fully saturated rings. The molecule has 0 amide bonds. The van der Waals surface area contributed by atoms with Crippen LogP contribution in [0.2, 0.25) is 0 Å². The van der Waals surface area contributed by atoms with E-state index in [9.17, 15) is 4.79 Å². The van der Waals surface area contributed by atoms with E-state index in [1.54, 1.807) is 0 Å². The van der Waals surface area contributed by atoms with Gasteiger partial charge in [0.1, 0.15) is 0 Å². The van der Waals surface area contributed by atoms with E-state index in [0.717, 1.165) is 13.0 Å². The van der Waals surface area contributed by atoms with E-state index < -0.39 is 0 Å². The standard InChI is InChI=1S/C8H16N2O2/c1-10-4-3-7(9)6(5-10)8(11)12-2/h6-7H,3-5,9H2,1-2H3/t6-,7-/m0/s1. The minimum atomic E-state index is -0.186. The van der Waals surface area contributed by atoms with Gasteiger partial charge in [-0.1, -0.05) is 0 Å². The minimum absolute atomic E-state index is 0.0337. The maximum absolute atomic E-state index is 11.2. The lowest BCUT2D eigenvalue weighted by Gasteiger charge is -2.32. The van der Waals surface area contributed by atoms with Crippen molar-refractivity contribution in [2.75, 3.05) is 27.2 Å². The van der Waals surface area contributed by atoms with Crippen molar-refractivity contribution in [2.24, 2.45) is 11.7 Å². The molecule has 1 rings (SSSR count). The highest BCUT2D eigenvalue weighted by Gasteiger charge is 2.31. The van der Waals surface area contributed by atoms with Crippen LogP contribution >= 0.6 is 0 Å². The van der Waals surface area contributed by atoms with Crippen LogP contribution in [0.25, 0.3) is 0 Å². The Morgan fingerprint density at radius 1 is 1.67 bits per heavy atom. The molecule has 1 saturated heterocycles. The SMILES string of the molecule is COC(=O)[C@H]1CN(C)CC[C@@H]1N. The van der Waals surface area contributed by atoms with E-state index >= 15 is 0 Å². The molecule has 4 nitrogen and oxygen atoms in total. The summed E-state index contributed by atoms with van der Waals surface area (Å²) in [6.45, 7) is 1.68. The first-order valence-electron chi connectivity index (χ1n) is 4.17. The number of hydrogen-bond donors (Lipinski definition) is 1. The topological polar surface area (TPSA) is 55.6 Å². The molecular weight excluding hydrogens is 156 g/mol. The van der Waals surface area contributed by atoms with Crippen LogP contribution in [0.15, 0.2) is 0 Å². The quantitative estimate of drug-likeness (QED) is 0.539. The molecule has 0 aromatic carbocycles. The zero-order valence-electron chi connectivity index (χ0n) is 7.62. The molecule has 2 atom stereocenters. The molecule has 0 saturated carbocycles. The van der Waals surface area contributed by atoms with Crippen LogP contribution in [0.4, 0.5) is 0 Å². The number of likely N-dealkylation sites (tertiary alicyclic amines) is 1. The van der Waals surface area contributed by atoms with Crippen LogP contribution in [-0.2, 0) is 9.53 Å². The van der Waals surface area contributed by atoms with Crippen LogP contribution in [0.1, 0.15) is 6.42 Å². The first-order valence-corrected chi connectivity index (χ1v) is 4.17. The summed E-state index contributed by atoms with van der Waals surface area (Å²) in [5.74, 6) is -0.331. The second-order valence-corrected chi connectivity index (χ2v) is 3.34. The van der Waals surface area contributed by atoms with Gasteiger partial charge in [-0.2, -0.15) is 0 Å². The number of methoxy groups -OCH3 is 1. The Labute approximate surface area is 72.7 Å². The number of hydrogen-bond acceptors (Lipinski definition) is 4. The number of carbonyl (C=O) groups is 1. The van der Waals surface area contributed by atoms with Crippen LogP contribution in [0, 0.1) is 5.92 Å². The van der Waals surface area contributed by atoms with Crippen molar-refractivity contribution >= 4 is 5.97 Å². The third kappa shape index (κ3) is 1.95. The van der Waals surface area contributed by atoms with Gasteiger partial charge in [-0.25, -0.2) is 0 Å². The molecule has 70 valence electrons. The van der Waals surface area contributed by atoms with E-state index in [2.05, 4.69) is 9.64 Å². The Morgan fingerprint density at radius 2 is 2.33 bits per heavy atom. The van der Waals surface area contributed by atoms with Crippen molar-refractivity contribution < 1.29 is 9.53 Å². The summed E-state index contributed by atoms with van der Waals surface area (Å²) in [5, 5.41) is 0. The van der Waals surface area contributed by atoms with Crippen molar-refractivity contribution in [1.29, 1.82) is 0 Å². The van der Waals surface area contributed by atoms with Gasteiger partial charge in [0.05, 0.1) is 13.0 Å². The highest BCUT2D eigenvalue weighted by atomic mass is 16.5. The predicted octanol–water partition coefficient (Wildman–Crippen LogP) is -0.562. The van der Waals surface area contributed by atoms with Crippen LogP contribution in [0.3, 0.4) is 0 Å². The Bertz CT molecular complexity index is 172. The smallest absolute Gasteiger partial charge is 0.311 e. The fourth-order valence-electron chi connectivity index (χ4n) is 1.53. The Balaban J connectivity index is 2.54. The number of ether oxygens (including phenoxy) is 1. The second-order valence-electron chi connectivity index (χ2n) is 3.34. The fourth-order valence-corrected chi connectivity index (χ4v) is 1.53. The molecule has 0 unspecified atom stereocenters. The molecule has 12 heavy (non-hydrogen) atoms. The molecule has 0 aromatic rings. The molecule has 0 radical (unpaired) electrons. The van der Waals surface area contributed by atoms with Crippen molar-refractivity contribution in [3.05, 3.63) is 0 Å². The number of carbonyl (C=O) groups excluding carboxylic acids is 1. The van der Waals surface area contributed by atoms with Gasteiger partial charge >= 0.3 is 5.97 Å². The third-order valence-corrected chi connectivity index (χ3v) is 2.37. The highest BCUT2D eigenvalue weighted by Crippen LogP contribution is 2.15. The number of esters is 1. The highest BCUT2D eigenvalue weighted by molar-refractivity contribution is 5.73. The van der Waals surface area contributed by atoms with Gasteiger partial charge in [0.15, 0.2) is 0 Å². The van der Waals surface area contributed by atoms with Crippen molar-refractivity contribution in [1.82, 2.24) is 4.90 Å². The van der Waals surface area contributed by atoms with Crippen LogP contribution < -0.4 is 5.73 Å². The molecule has 0 aliphatic carbocycles. The third-order valence-electron chi connectivity index (χ3n) is 2.37. The molecule has 0 spiro atoms. The van der Waals surface area contributed by atoms with Crippen LogP contribution in [-0.4, -0.2) is 44.2 Å². The summed E-state index contributed by atoms with van der Waals surface area (Å²) in [4.78, 5) is 13.3. The van der Waals surface area contributed by atoms with Gasteiger partial charge in [0.2, 0.25) is 0 Å². The summed E-state index contributed by atoms with van der Waals surface area (Å²) in [6, 6.07) is -0.0337. The van der Waals surface area contributed by atoms with Gasteiger partial charge in [-0.3, -0.25) is 4.79 Å². The number of nitrogens with two attached hydrogens (primary N) is 1. The number of nitrogens with zero attached hydrogens (tertiary/aromatic N) is 1. The fraction of sp³-hybridized carbons (Fsp3) is 0.875. The van der Waals surface area contributed by atoms with Gasteiger partial charge in [0, 0.05) is 12.6 Å². The van der Waals surface area contributed by atoms with E-state index in [1.165, 1.54) is 7.11 Å². The summed E-state index contributed by atoms with van der Waals surface area (Å²) >= 11 is 0. The Hall–Kier alpha value is -0.610. The molecule has 1 aliphatic rings. The first kappa shape index (κ1) is 9.48. The summed E-state index contributed by atoms with van der Waals surface area (Å²) in [6.07, 6.45) is 0.871. The Morgan fingerprint density at radius 3 is 2.92 bits per heavy atom. The Kier molecular flexibility index (Phi) is 3.05. The first-order chi connectivity index (χ1) is 5.65. The minimum Gasteiger partial charge on any atom is -0.469 e. The molecule has 1 heterocycles. The lowest BCUT2D eigenvalue weighted by Crippen LogP contribution is -2.49. The lowest BCUT2D eigenvalue weighted by molar-refractivity contribution is -0.147. The summed E-state index contributed by atoms with van der Waals surface area (Å²) < 4.78 is 4.66.